The summed E-state index contributed by atoms with van der Waals surface area (Å²) in [6.45, 7) is 7.57. The van der Waals surface area contributed by atoms with Crippen LogP contribution in [0.2, 0.25) is 5.02 Å². The number of halogens is 2. The highest BCUT2D eigenvalue weighted by molar-refractivity contribution is 9.10. The largest absolute Gasteiger partial charge is 0.489 e. The summed E-state index contributed by atoms with van der Waals surface area (Å²) in [5, 5.41) is 12.1. The van der Waals surface area contributed by atoms with E-state index in [0.29, 0.717) is 6.61 Å². The van der Waals surface area contributed by atoms with Gasteiger partial charge in [0, 0.05) is 73.6 Å². The number of ether oxygens (including phenoxy) is 1. The number of aromatic nitrogens is 1. The van der Waals surface area contributed by atoms with Gasteiger partial charge in [0.15, 0.2) is 0 Å². The Labute approximate surface area is 232 Å². The van der Waals surface area contributed by atoms with E-state index in [1.54, 1.807) is 0 Å². The number of anilines is 1. The fourth-order valence-corrected chi connectivity index (χ4v) is 5.71. The molecule has 3 heterocycles. The van der Waals surface area contributed by atoms with Crippen LogP contribution in [0.4, 0.5) is 5.82 Å². The van der Waals surface area contributed by atoms with Crippen molar-refractivity contribution in [2.45, 2.75) is 31.6 Å². The maximum absolute atomic E-state index is 11.4. The van der Waals surface area contributed by atoms with Crippen molar-refractivity contribution in [1.29, 1.82) is 0 Å². The van der Waals surface area contributed by atoms with Crippen LogP contribution in [-0.4, -0.2) is 71.3 Å². The van der Waals surface area contributed by atoms with Crippen LogP contribution in [0, 0.1) is 0 Å². The van der Waals surface area contributed by atoms with Crippen LogP contribution in [0.5, 0.6) is 5.75 Å². The fraction of sp³-hybridized carbons (Fsp3) is 0.414. The first-order chi connectivity index (χ1) is 18.0. The highest BCUT2D eigenvalue weighted by Crippen LogP contribution is 2.29. The predicted molar refractivity (Wildman–Crippen MR) is 152 cm³/mol. The maximum atomic E-state index is 11.4. The standard InChI is InChI=1S/C29H34BrClN4O2/c30-25-6-9-27(37-21-23-4-7-26(31)8-5-23)24(19-25)20-33-13-10-29(36,11-14-33)22-34-15-17-35(18-16-34)28-3-1-2-12-32-28/h1-9,12,19,36H,10-11,13-18,20-22H2. The molecule has 0 amide bonds. The Hall–Kier alpha value is -2.16. The number of hydrogen-bond donors (Lipinski definition) is 1. The molecular weight excluding hydrogens is 552 g/mol. The third kappa shape index (κ3) is 7.24. The number of likely N-dealkylation sites (tertiary alicyclic amines) is 1. The number of piperazine rings is 1. The molecule has 196 valence electrons. The van der Waals surface area contributed by atoms with E-state index in [2.05, 4.69) is 47.7 Å². The van der Waals surface area contributed by atoms with Gasteiger partial charge in [-0.3, -0.25) is 9.80 Å². The molecule has 0 unspecified atom stereocenters. The summed E-state index contributed by atoms with van der Waals surface area (Å²) in [6, 6.07) is 20.0. The number of benzene rings is 2. The third-order valence-electron chi connectivity index (χ3n) is 7.37. The van der Waals surface area contributed by atoms with E-state index in [9.17, 15) is 5.11 Å². The number of nitrogens with zero attached hydrogens (tertiary/aromatic N) is 4. The summed E-state index contributed by atoms with van der Waals surface area (Å²) in [7, 11) is 0. The van der Waals surface area contributed by atoms with E-state index in [1.807, 2.05) is 54.7 Å². The van der Waals surface area contributed by atoms with Gasteiger partial charge in [0.1, 0.15) is 18.2 Å². The number of β-amino-alcohol motifs (C(OH)–C–C–N with tert-alkyl or cyclic N) is 1. The molecule has 0 aliphatic carbocycles. The number of pyridine rings is 1. The van der Waals surface area contributed by atoms with Crippen LogP contribution in [-0.2, 0) is 13.2 Å². The molecule has 1 N–H and O–H groups in total. The predicted octanol–water partition coefficient (Wildman–Crippen LogP) is 5.23. The van der Waals surface area contributed by atoms with Gasteiger partial charge in [-0.1, -0.05) is 45.7 Å². The van der Waals surface area contributed by atoms with Crippen LogP contribution in [0.1, 0.15) is 24.0 Å². The van der Waals surface area contributed by atoms with Crippen molar-refractivity contribution in [3.05, 3.63) is 87.5 Å². The molecule has 2 saturated heterocycles. The lowest BCUT2D eigenvalue weighted by atomic mass is 9.90. The van der Waals surface area contributed by atoms with Crippen molar-refractivity contribution in [2.24, 2.45) is 0 Å². The Kier molecular flexibility index (Phi) is 8.67. The SMILES string of the molecule is OC1(CN2CCN(c3ccccn3)CC2)CCN(Cc2cc(Br)ccc2OCc2ccc(Cl)cc2)CC1. The molecule has 0 bridgehead atoms. The summed E-state index contributed by atoms with van der Waals surface area (Å²) in [5.74, 6) is 1.93. The van der Waals surface area contributed by atoms with Gasteiger partial charge in [-0.25, -0.2) is 4.98 Å². The molecule has 1 aromatic heterocycles. The van der Waals surface area contributed by atoms with Crippen molar-refractivity contribution in [2.75, 3.05) is 50.7 Å². The summed E-state index contributed by atoms with van der Waals surface area (Å²) in [4.78, 5) is 11.6. The van der Waals surface area contributed by atoms with E-state index >= 15 is 0 Å². The average Bonchev–Trinajstić information content (AvgIpc) is 2.91. The van der Waals surface area contributed by atoms with Crippen LogP contribution >= 0.6 is 27.5 Å². The molecule has 2 fully saturated rings. The minimum atomic E-state index is -0.630. The Balaban J connectivity index is 1.12. The smallest absolute Gasteiger partial charge is 0.128 e. The molecule has 6 nitrogen and oxygen atoms in total. The quantitative estimate of drug-likeness (QED) is 0.391. The molecule has 0 spiro atoms. The first kappa shape index (κ1) is 26.4. The molecule has 37 heavy (non-hydrogen) atoms. The highest BCUT2D eigenvalue weighted by atomic mass is 79.9. The second-order valence-electron chi connectivity index (χ2n) is 10.1. The van der Waals surface area contributed by atoms with Gasteiger partial charge in [-0.15, -0.1) is 0 Å². The minimum Gasteiger partial charge on any atom is -0.489 e. The number of rotatable bonds is 8. The summed E-state index contributed by atoms with van der Waals surface area (Å²) in [5.41, 5.74) is 1.61. The molecule has 2 aliphatic rings. The van der Waals surface area contributed by atoms with Crippen molar-refractivity contribution in [3.8, 4) is 5.75 Å². The monoisotopic (exact) mass is 584 g/mol. The lowest BCUT2D eigenvalue weighted by Crippen LogP contribution is -2.55. The zero-order chi connectivity index (χ0) is 25.7. The van der Waals surface area contributed by atoms with Crippen LogP contribution in [0.15, 0.2) is 71.3 Å². The number of aliphatic hydroxyl groups is 1. The summed E-state index contributed by atoms with van der Waals surface area (Å²) >= 11 is 9.62. The molecule has 2 aromatic carbocycles. The van der Waals surface area contributed by atoms with Gasteiger partial charge < -0.3 is 14.7 Å². The van der Waals surface area contributed by atoms with Crippen molar-refractivity contribution in [1.82, 2.24) is 14.8 Å². The lowest BCUT2D eigenvalue weighted by Gasteiger charge is -2.43. The average molecular weight is 586 g/mol. The lowest BCUT2D eigenvalue weighted by molar-refractivity contribution is -0.0476. The molecule has 3 aromatic rings. The maximum Gasteiger partial charge on any atom is 0.128 e. The van der Waals surface area contributed by atoms with Crippen molar-refractivity contribution >= 4 is 33.3 Å². The van der Waals surface area contributed by atoms with E-state index in [0.717, 1.165) is 97.4 Å². The second-order valence-corrected chi connectivity index (χ2v) is 11.5. The number of hydrogen-bond acceptors (Lipinski definition) is 6. The van der Waals surface area contributed by atoms with Gasteiger partial charge in [0.25, 0.3) is 0 Å². The second kappa shape index (κ2) is 12.1. The highest BCUT2D eigenvalue weighted by Gasteiger charge is 2.35. The van der Waals surface area contributed by atoms with Crippen molar-refractivity contribution in [3.63, 3.8) is 0 Å². The Morgan fingerprint density at radius 1 is 0.919 bits per heavy atom. The topological polar surface area (TPSA) is 52.1 Å². The van der Waals surface area contributed by atoms with E-state index in [1.165, 1.54) is 0 Å². The van der Waals surface area contributed by atoms with E-state index < -0.39 is 5.60 Å². The van der Waals surface area contributed by atoms with Crippen LogP contribution in [0.3, 0.4) is 0 Å². The van der Waals surface area contributed by atoms with Gasteiger partial charge in [0.05, 0.1) is 5.60 Å². The Bertz CT molecular complexity index is 1150. The van der Waals surface area contributed by atoms with Crippen LogP contribution in [0.25, 0.3) is 0 Å². The summed E-state index contributed by atoms with van der Waals surface area (Å²) in [6.07, 6.45) is 3.41. The van der Waals surface area contributed by atoms with Gasteiger partial charge in [0.2, 0.25) is 0 Å². The fourth-order valence-electron chi connectivity index (χ4n) is 5.17. The van der Waals surface area contributed by atoms with Gasteiger partial charge >= 0.3 is 0 Å². The van der Waals surface area contributed by atoms with E-state index in [-0.39, 0.29) is 0 Å². The molecule has 0 radical (unpaired) electrons. The van der Waals surface area contributed by atoms with Gasteiger partial charge in [-0.2, -0.15) is 0 Å². The molecule has 8 heteroatoms. The first-order valence-electron chi connectivity index (χ1n) is 12.9. The molecule has 0 atom stereocenters. The first-order valence-corrected chi connectivity index (χ1v) is 14.1. The molecular formula is C29H34BrClN4O2. The van der Waals surface area contributed by atoms with Crippen LogP contribution < -0.4 is 9.64 Å². The molecule has 0 saturated carbocycles. The number of piperidine rings is 1. The van der Waals surface area contributed by atoms with Gasteiger partial charge in [-0.05, 0) is 60.9 Å². The Morgan fingerprint density at radius 3 is 2.38 bits per heavy atom. The molecule has 5 rings (SSSR count). The van der Waals surface area contributed by atoms with Crippen molar-refractivity contribution < 1.29 is 9.84 Å². The Morgan fingerprint density at radius 2 is 1.68 bits per heavy atom. The third-order valence-corrected chi connectivity index (χ3v) is 8.12. The normalized spacial score (nSPS) is 18.6. The minimum absolute atomic E-state index is 0.499. The zero-order valence-corrected chi connectivity index (χ0v) is 23.4. The van der Waals surface area contributed by atoms with E-state index in [4.69, 9.17) is 16.3 Å². The molecule has 2 aliphatic heterocycles. The summed E-state index contributed by atoms with van der Waals surface area (Å²) < 4.78 is 7.23. The zero-order valence-electron chi connectivity index (χ0n) is 21.0.